The molecule has 0 unspecified atom stereocenters. The van der Waals surface area contributed by atoms with Gasteiger partial charge in [0.05, 0.1) is 13.2 Å². The van der Waals surface area contributed by atoms with E-state index in [0.717, 1.165) is 17.7 Å². The van der Waals surface area contributed by atoms with Gasteiger partial charge in [-0.3, -0.25) is 9.59 Å². The summed E-state index contributed by atoms with van der Waals surface area (Å²) in [7, 11) is 0. The minimum Gasteiger partial charge on any atom is -0.490 e. The summed E-state index contributed by atoms with van der Waals surface area (Å²) in [6.07, 6.45) is 4.09. The smallest absolute Gasteiger partial charge is 0.221 e. The van der Waals surface area contributed by atoms with Gasteiger partial charge in [-0.25, -0.2) is 0 Å². The van der Waals surface area contributed by atoms with Crippen LogP contribution in [-0.4, -0.2) is 24.9 Å². The monoisotopic (exact) mass is 337 g/mol. The third-order valence-electron chi connectivity index (χ3n) is 3.69. The maximum atomic E-state index is 12.4. The van der Waals surface area contributed by atoms with Crippen LogP contribution in [0.15, 0.2) is 48.5 Å². The van der Waals surface area contributed by atoms with Crippen LogP contribution >= 0.6 is 0 Å². The highest BCUT2D eigenvalue weighted by Gasteiger charge is 2.12. The Balaban J connectivity index is 1.70. The molecule has 3 rings (SSSR count). The number of nitrogens with one attached hydrogen (secondary N) is 1. The van der Waals surface area contributed by atoms with Crippen LogP contribution in [0.25, 0.3) is 6.08 Å². The van der Waals surface area contributed by atoms with Crippen molar-refractivity contribution in [3.8, 4) is 11.5 Å². The number of allylic oxidation sites excluding steroid dienone is 1. The van der Waals surface area contributed by atoms with E-state index < -0.39 is 0 Å². The molecule has 5 nitrogen and oxygen atoms in total. The minimum absolute atomic E-state index is 0.110. The highest BCUT2D eigenvalue weighted by atomic mass is 16.5. The Bertz CT molecular complexity index is 809. The average Bonchev–Trinajstić information content (AvgIpc) is 2.85. The van der Waals surface area contributed by atoms with Gasteiger partial charge in [0.15, 0.2) is 17.3 Å². The summed E-state index contributed by atoms with van der Waals surface area (Å²) in [6.45, 7) is 2.66. The summed E-state index contributed by atoms with van der Waals surface area (Å²) < 4.78 is 11.2. The first-order valence-corrected chi connectivity index (χ1v) is 8.11. The van der Waals surface area contributed by atoms with Crippen molar-refractivity contribution in [1.82, 2.24) is 0 Å². The molecule has 0 spiro atoms. The summed E-state index contributed by atoms with van der Waals surface area (Å²) >= 11 is 0. The summed E-state index contributed by atoms with van der Waals surface area (Å²) in [4.78, 5) is 23.4. The quantitative estimate of drug-likeness (QED) is 0.682. The first-order chi connectivity index (χ1) is 12.1. The van der Waals surface area contributed by atoms with E-state index in [2.05, 4.69) is 5.32 Å². The van der Waals surface area contributed by atoms with Crippen molar-refractivity contribution < 1.29 is 19.1 Å². The number of carbonyl (C=O) groups is 2. The largest absolute Gasteiger partial charge is 0.490 e. The molecule has 1 N–H and O–H groups in total. The number of benzene rings is 2. The number of hydrogen-bond acceptors (Lipinski definition) is 4. The van der Waals surface area contributed by atoms with E-state index in [1.807, 2.05) is 12.1 Å². The van der Waals surface area contributed by atoms with Gasteiger partial charge in [0.25, 0.3) is 0 Å². The fraction of sp³-hybridized carbons (Fsp3) is 0.200. The molecule has 2 aromatic carbocycles. The molecule has 1 aliphatic rings. The molecule has 128 valence electrons. The number of carbonyl (C=O) groups excluding carboxylic acids is 2. The molecule has 25 heavy (non-hydrogen) atoms. The number of anilines is 1. The van der Waals surface area contributed by atoms with Crippen LogP contribution in [0.5, 0.6) is 11.5 Å². The standard InChI is InChI=1S/C20H19NO4/c1-14(22)21-17-7-3-15(4-8-17)5-9-18(23)16-6-10-19-20(13-16)25-12-2-11-24-19/h3-10,13H,2,11-12H2,1H3,(H,21,22)/b9-5+. The van der Waals surface area contributed by atoms with E-state index in [-0.39, 0.29) is 11.7 Å². The molecule has 0 aliphatic carbocycles. The molecule has 5 heteroatoms. The second-order valence-corrected chi connectivity index (χ2v) is 5.71. The lowest BCUT2D eigenvalue weighted by atomic mass is 10.1. The van der Waals surface area contributed by atoms with Crippen LogP contribution in [0.4, 0.5) is 5.69 Å². The van der Waals surface area contributed by atoms with Crippen LogP contribution in [0.1, 0.15) is 29.3 Å². The van der Waals surface area contributed by atoms with Crippen molar-refractivity contribution in [3.63, 3.8) is 0 Å². The molecule has 0 radical (unpaired) electrons. The second-order valence-electron chi connectivity index (χ2n) is 5.71. The van der Waals surface area contributed by atoms with Gasteiger partial charge in [0.1, 0.15) is 0 Å². The van der Waals surface area contributed by atoms with Crippen LogP contribution in [0, 0.1) is 0 Å². The molecule has 0 aromatic heterocycles. The van der Waals surface area contributed by atoms with Crippen molar-refractivity contribution in [2.75, 3.05) is 18.5 Å². The topological polar surface area (TPSA) is 64.6 Å². The van der Waals surface area contributed by atoms with Crippen LogP contribution < -0.4 is 14.8 Å². The van der Waals surface area contributed by atoms with Crippen molar-refractivity contribution in [2.24, 2.45) is 0 Å². The fourth-order valence-corrected chi connectivity index (χ4v) is 2.47. The Kier molecular flexibility index (Phi) is 5.14. The summed E-state index contributed by atoms with van der Waals surface area (Å²) in [6, 6.07) is 12.5. The van der Waals surface area contributed by atoms with Crippen LogP contribution in [0.2, 0.25) is 0 Å². The van der Waals surface area contributed by atoms with Gasteiger partial charge < -0.3 is 14.8 Å². The molecule has 0 saturated heterocycles. The Morgan fingerprint density at radius 3 is 2.44 bits per heavy atom. The number of ketones is 1. The zero-order chi connectivity index (χ0) is 17.6. The minimum atomic E-state index is -0.118. The zero-order valence-electron chi connectivity index (χ0n) is 14.0. The molecule has 0 atom stereocenters. The summed E-state index contributed by atoms with van der Waals surface area (Å²) in [5, 5.41) is 2.70. The first-order valence-electron chi connectivity index (χ1n) is 8.11. The van der Waals surface area contributed by atoms with Gasteiger partial charge in [0, 0.05) is 24.6 Å². The number of amides is 1. The lowest BCUT2D eigenvalue weighted by molar-refractivity contribution is -0.114. The molecule has 0 fully saturated rings. The number of ether oxygens (including phenoxy) is 2. The van der Waals surface area contributed by atoms with E-state index in [1.54, 1.807) is 36.4 Å². The van der Waals surface area contributed by atoms with Crippen LogP contribution in [-0.2, 0) is 4.79 Å². The SMILES string of the molecule is CC(=O)Nc1ccc(/C=C/C(=O)c2ccc3c(c2)OCCCO3)cc1. The van der Waals surface area contributed by atoms with Crippen molar-refractivity contribution >= 4 is 23.5 Å². The number of rotatable bonds is 4. The number of hydrogen-bond donors (Lipinski definition) is 1. The summed E-state index contributed by atoms with van der Waals surface area (Å²) in [5.41, 5.74) is 2.14. The number of fused-ring (bicyclic) bond motifs is 1. The van der Waals surface area contributed by atoms with E-state index in [4.69, 9.17) is 9.47 Å². The Morgan fingerprint density at radius 1 is 1.00 bits per heavy atom. The van der Waals surface area contributed by atoms with E-state index in [9.17, 15) is 9.59 Å². The maximum absolute atomic E-state index is 12.4. The first kappa shape index (κ1) is 16.8. The normalized spacial score (nSPS) is 13.3. The van der Waals surface area contributed by atoms with Crippen molar-refractivity contribution in [1.29, 1.82) is 0 Å². The van der Waals surface area contributed by atoms with E-state index in [1.165, 1.54) is 13.0 Å². The molecule has 1 aliphatic heterocycles. The third-order valence-corrected chi connectivity index (χ3v) is 3.69. The predicted octanol–water partition coefficient (Wildman–Crippen LogP) is 3.70. The van der Waals surface area contributed by atoms with Gasteiger partial charge >= 0.3 is 0 Å². The van der Waals surface area contributed by atoms with Gasteiger partial charge in [-0.05, 0) is 42.0 Å². The third kappa shape index (κ3) is 4.47. The maximum Gasteiger partial charge on any atom is 0.221 e. The molecular formula is C20H19NO4. The highest BCUT2D eigenvalue weighted by Crippen LogP contribution is 2.30. The molecule has 0 bridgehead atoms. The lowest BCUT2D eigenvalue weighted by Crippen LogP contribution is -2.05. The molecule has 1 heterocycles. The Labute approximate surface area is 146 Å². The Morgan fingerprint density at radius 2 is 1.72 bits per heavy atom. The summed E-state index contributed by atoms with van der Waals surface area (Å²) in [5.74, 6) is 1.05. The van der Waals surface area contributed by atoms with Crippen molar-refractivity contribution in [2.45, 2.75) is 13.3 Å². The zero-order valence-corrected chi connectivity index (χ0v) is 14.0. The molecule has 1 amide bonds. The lowest BCUT2D eigenvalue weighted by Gasteiger charge is -2.07. The van der Waals surface area contributed by atoms with E-state index in [0.29, 0.717) is 30.3 Å². The second kappa shape index (κ2) is 7.66. The molecule has 2 aromatic rings. The predicted molar refractivity (Wildman–Crippen MR) is 96.2 cm³/mol. The van der Waals surface area contributed by atoms with Gasteiger partial charge in [-0.15, -0.1) is 0 Å². The Hall–Kier alpha value is -3.08. The van der Waals surface area contributed by atoms with Crippen LogP contribution in [0.3, 0.4) is 0 Å². The molecule has 0 saturated carbocycles. The highest BCUT2D eigenvalue weighted by molar-refractivity contribution is 6.07. The van der Waals surface area contributed by atoms with Gasteiger partial charge in [0.2, 0.25) is 5.91 Å². The van der Waals surface area contributed by atoms with Gasteiger partial charge in [-0.2, -0.15) is 0 Å². The van der Waals surface area contributed by atoms with Crippen molar-refractivity contribution in [3.05, 3.63) is 59.7 Å². The fourth-order valence-electron chi connectivity index (χ4n) is 2.47. The van der Waals surface area contributed by atoms with Gasteiger partial charge in [-0.1, -0.05) is 18.2 Å². The molecular weight excluding hydrogens is 318 g/mol. The average molecular weight is 337 g/mol. The van der Waals surface area contributed by atoms with E-state index >= 15 is 0 Å².